The summed E-state index contributed by atoms with van der Waals surface area (Å²) in [6.07, 6.45) is -1.83. The van der Waals surface area contributed by atoms with Crippen molar-refractivity contribution >= 4 is 17.5 Å². The number of ether oxygens (including phenoxy) is 1. The zero-order valence-electron chi connectivity index (χ0n) is 14.7. The monoisotopic (exact) mass is 360 g/mol. The summed E-state index contributed by atoms with van der Waals surface area (Å²) in [4.78, 5) is 36.9. The van der Waals surface area contributed by atoms with Crippen LogP contribution in [0, 0.1) is 0 Å². The molecule has 0 bridgehead atoms. The lowest BCUT2D eigenvalue weighted by atomic mass is 9.76. The Morgan fingerprint density at radius 2 is 1.88 bits per heavy atom. The fourth-order valence-corrected chi connectivity index (χ4v) is 3.69. The Kier molecular flexibility index (Phi) is 4.36. The first-order chi connectivity index (χ1) is 12.1. The van der Waals surface area contributed by atoms with Gasteiger partial charge in [-0.2, -0.15) is 0 Å². The molecule has 1 heterocycles. The van der Waals surface area contributed by atoms with Crippen molar-refractivity contribution in [1.82, 2.24) is 0 Å². The molecule has 2 atom stereocenters. The number of Topliss-reactive ketones (excluding diaryl/α,β-unsaturated/α-hetero) is 2. The normalized spacial score (nSPS) is 22.5. The summed E-state index contributed by atoms with van der Waals surface area (Å²) in [6.45, 7) is 5.16. The van der Waals surface area contributed by atoms with E-state index in [1.165, 1.54) is 6.07 Å². The van der Waals surface area contributed by atoms with Gasteiger partial charge in [0.1, 0.15) is 11.5 Å². The Morgan fingerprint density at radius 1 is 1.23 bits per heavy atom. The zero-order chi connectivity index (χ0) is 19.3. The van der Waals surface area contributed by atoms with Crippen LogP contribution in [0.15, 0.2) is 17.2 Å². The van der Waals surface area contributed by atoms with Crippen LogP contribution < -0.4 is 0 Å². The third kappa shape index (κ3) is 2.68. The van der Waals surface area contributed by atoms with Crippen LogP contribution in [0.1, 0.15) is 65.8 Å². The number of carboxylic acid groups (broad SMARTS) is 1. The van der Waals surface area contributed by atoms with Crippen molar-refractivity contribution in [2.45, 2.75) is 51.7 Å². The molecule has 3 rings (SSSR count). The molecule has 0 fully saturated rings. The number of fused-ring (bicyclic) bond motifs is 1. The molecular weight excluding hydrogens is 340 g/mol. The summed E-state index contributed by atoms with van der Waals surface area (Å²) in [5.74, 6) is -3.03. The smallest absolute Gasteiger partial charge is 0.305 e. The summed E-state index contributed by atoms with van der Waals surface area (Å²) >= 11 is 0. The van der Waals surface area contributed by atoms with Crippen LogP contribution in [0.25, 0.3) is 0 Å². The molecule has 0 unspecified atom stereocenters. The second-order valence-corrected chi connectivity index (χ2v) is 6.99. The van der Waals surface area contributed by atoms with Crippen molar-refractivity contribution in [2.75, 3.05) is 0 Å². The van der Waals surface area contributed by atoms with Crippen LogP contribution in [0.2, 0.25) is 0 Å². The molecule has 26 heavy (non-hydrogen) atoms. The van der Waals surface area contributed by atoms with Gasteiger partial charge in [-0.15, -0.1) is 0 Å². The molecule has 7 nitrogen and oxygen atoms in total. The van der Waals surface area contributed by atoms with Gasteiger partial charge in [0.25, 0.3) is 0 Å². The first-order valence-corrected chi connectivity index (χ1v) is 8.41. The summed E-state index contributed by atoms with van der Waals surface area (Å²) < 4.78 is 5.59. The molecule has 0 saturated heterocycles. The number of ketones is 2. The minimum absolute atomic E-state index is 0.0257. The maximum Gasteiger partial charge on any atom is 0.305 e. The molecule has 1 aromatic carbocycles. The lowest BCUT2D eigenvalue weighted by molar-refractivity contribution is -0.141. The Bertz CT molecular complexity index is 863. The Labute approximate surface area is 149 Å². The van der Waals surface area contributed by atoms with Crippen molar-refractivity contribution in [3.05, 3.63) is 33.9 Å². The average molecular weight is 360 g/mol. The van der Waals surface area contributed by atoms with Gasteiger partial charge in [0.05, 0.1) is 29.8 Å². The quantitative estimate of drug-likeness (QED) is 0.708. The van der Waals surface area contributed by atoms with Crippen LogP contribution in [0.3, 0.4) is 0 Å². The number of carbonyl (C=O) groups excluding carboxylic acids is 2. The average Bonchev–Trinajstić information content (AvgIpc) is 2.52. The molecular formula is C19H20O7. The Hall–Kier alpha value is -2.67. The van der Waals surface area contributed by atoms with Gasteiger partial charge in [-0.3, -0.25) is 14.4 Å². The van der Waals surface area contributed by atoms with Crippen LogP contribution in [0.5, 0.6) is 11.5 Å². The maximum absolute atomic E-state index is 13.0. The Balaban J connectivity index is 2.16. The van der Waals surface area contributed by atoms with Crippen LogP contribution in [-0.4, -0.2) is 45.1 Å². The number of benzene rings is 1. The van der Waals surface area contributed by atoms with Gasteiger partial charge in [0.2, 0.25) is 0 Å². The number of aromatic hydroxyl groups is 2. The summed E-state index contributed by atoms with van der Waals surface area (Å²) in [6, 6.07) is 1.30. The number of phenols is 2. The molecule has 0 spiro atoms. The van der Waals surface area contributed by atoms with Gasteiger partial charge in [-0.25, -0.2) is 0 Å². The SMILES string of the molecule is CC(C)c1cc(O)c2c(c1O)C(=O)C1=C(C[C@@H](CC(=O)O)O[C@@H]1C)C2=O. The van der Waals surface area contributed by atoms with E-state index in [1.807, 2.05) is 0 Å². The number of aliphatic carboxylic acids is 1. The summed E-state index contributed by atoms with van der Waals surface area (Å²) in [7, 11) is 0. The first-order valence-electron chi connectivity index (χ1n) is 8.41. The molecule has 1 aliphatic heterocycles. The second kappa shape index (κ2) is 6.25. The van der Waals surface area contributed by atoms with Crippen molar-refractivity contribution < 1.29 is 34.4 Å². The van der Waals surface area contributed by atoms with E-state index >= 15 is 0 Å². The van der Waals surface area contributed by atoms with Crippen molar-refractivity contribution in [1.29, 1.82) is 0 Å². The summed E-state index contributed by atoms with van der Waals surface area (Å²) in [5.41, 5.74) is 0.224. The van der Waals surface area contributed by atoms with Gasteiger partial charge < -0.3 is 20.1 Å². The first kappa shape index (κ1) is 18.1. The largest absolute Gasteiger partial charge is 0.507 e. The van der Waals surface area contributed by atoms with Gasteiger partial charge >= 0.3 is 5.97 Å². The van der Waals surface area contributed by atoms with Gasteiger partial charge in [0, 0.05) is 23.1 Å². The minimum atomic E-state index is -1.07. The fraction of sp³-hybridized carbons (Fsp3) is 0.421. The molecule has 0 radical (unpaired) electrons. The van der Waals surface area contributed by atoms with Crippen molar-refractivity contribution in [2.24, 2.45) is 0 Å². The molecule has 2 aliphatic rings. The summed E-state index contributed by atoms with van der Waals surface area (Å²) in [5, 5.41) is 29.8. The number of phenolic OH excluding ortho intramolecular Hbond substituents is 2. The molecule has 0 aromatic heterocycles. The number of hydrogen-bond donors (Lipinski definition) is 3. The predicted molar refractivity (Wildman–Crippen MR) is 90.8 cm³/mol. The van der Waals surface area contributed by atoms with Gasteiger partial charge in [-0.05, 0) is 18.9 Å². The van der Waals surface area contributed by atoms with E-state index in [4.69, 9.17) is 9.84 Å². The van der Waals surface area contributed by atoms with Crippen LogP contribution >= 0.6 is 0 Å². The highest BCUT2D eigenvalue weighted by atomic mass is 16.5. The molecule has 7 heteroatoms. The Morgan fingerprint density at radius 3 is 2.46 bits per heavy atom. The van der Waals surface area contributed by atoms with Gasteiger partial charge in [0.15, 0.2) is 11.6 Å². The highest BCUT2D eigenvalue weighted by Crippen LogP contribution is 2.45. The molecule has 0 saturated carbocycles. The van der Waals surface area contributed by atoms with Crippen molar-refractivity contribution in [3.8, 4) is 11.5 Å². The van der Waals surface area contributed by atoms with E-state index in [1.54, 1.807) is 20.8 Å². The second-order valence-electron chi connectivity index (χ2n) is 6.99. The van der Waals surface area contributed by atoms with Crippen LogP contribution in [-0.2, 0) is 9.53 Å². The maximum atomic E-state index is 13.0. The van der Waals surface area contributed by atoms with Gasteiger partial charge in [-0.1, -0.05) is 13.8 Å². The topological polar surface area (TPSA) is 121 Å². The third-order valence-electron chi connectivity index (χ3n) is 4.87. The standard InChI is InChI=1S/C19H20O7/c1-7(2)10-6-12(20)15-16(17(10)23)19(25)14-8(3)26-9(5-13(21)22)4-11(14)18(15)24/h6-9,20,23H,4-5H2,1-3H3,(H,21,22)/t8-,9+/m1/s1. The van der Waals surface area contributed by atoms with E-state index < -0.39 is 29.7 Å². The number of carboxylic acids is 1. The zero-order valence-corrected chi connectivity index (χ0v) is 14.7. The molecule has 1 aromatic rings. The fourth-order valence-electron chi connectivity index (χ4n) is 3.69. The lowest BCUT2D eigenvalue weighted by Crippen LogP contribution is -2.38. The lowest BCUT2D eigenvalue weighted by Gasteiger charge is -2.34. The number of carbonyl (C=O) groups is 3. The number of rotatable bonds is 3. The molecule has 3 N–H and O–H groups in total. The van der Waals surface area contributed by atoms with Crippen molar-refractivity contribution in [3.63, 3.8) is 0 Å². The van der Waals surface area contributed by atoms with E-state index in [9.17, 15) is 24.6 Å². The van der Waals surface area contributed by atoms with E-state index in [2.05, 4.69) is 0 Å². The molecule has 1 aliphatic carbocycles. The van der Waals surface area contributed by atoms with E-state index in [-0.39, 0.29) is 52.5 Å². The molecule has 138 valence electrons. The molecule has 0 amide bonds. The predicted octanol–water partition coefficient (Wildman–Crippen LogP) is 2.55. The highest BCUT2D eigenvalue weighted by Gasteiger charge is 2.43. The van der Waals surface area contributed by atoms with Crippen LogP contribution in [0.4, 0.5) is 0 Å². The van der Waals surface area contributed by atoms with E-state index in [0.717, 1.165) is 0 Å². The van der Waals surface area contributed by atoms with E-state index in [0.29, 0.717) is 5.56 Å². The third-order valence-corrected chi connectivity index (χ3v) is 4.87. The number of hydrogen-bond acceptors (Lipinski definition) is 6. The highest BCUT2D eigenvalue weighted by molar-refractivity contribution is 6.29. The minimum Gasteiger partial charge on any atom is -0.507 e.